The molecule has 0 bridgehead atoms. The van der Waals surface area contributed by atoms with Gasteiger partial charge in [0, 0.05) is 6.04 Å². The van der Waals surface area contributed by atoms with E-state index < -0.39 is 19.7 Å². The van der Waals surface area contributed by atoms with E-state index in [1.807, 2.05) is 0 Å². The molecule has 2 aliphatic heterocycles. The molecule has 0 saturated carbocycles. The zero-order valence-electron chi connectivity index (χ0n) is 9.76. The van der Waals surface area contributed by atoms with Crippen LogP contribution in [-0.4, -0.2) is 52.4 Å². The van der Waals surface area contributed by atoms with Crippen molar-refractivity contribution in [1.82, 2.24) is 5.32 Å². The fourth-order valence-corrected chi connectivity index (χ4v) is 5.81. The standard InChI is InChI=1S/C10H19NO4S2/c12-16(13)5-2-10(3-6-16)11-7-9-1-4-17(14,15)8-9/h9-11H,1-8H2. The first-order valence-corrected chi connectivity index (χ1v) is 9.65. The number of hydrogen-bond donors (Lipinski definition) is 1. The van der Waals surface area contributed by atoms with Crippen LogP contribution in [0.5, 0.6) is 0 Å². The third kappa shape index (κ3) is 3.93. The summed E-state index contributed by atoms with van der Waals surface area (Å²) in [6, 6.07) is 0.238. The molecule has 2 saturated heterocycles. The molecule has 2 aliphatic rings. The van der Waals surface area contributed by atoms with E-state index in [2.05, 4.69) is 5.32 Å². The van der Waals surface area contributed by atoms with E-state index in [0.717, 1.165) is 6.42 Å². The van der Waals surface area contributed by atoms with Crippen LogP contribution >= 0.6 is 0 Å². The Morgan fingerprint density at radius 2 is 1.47 bits per heavy atom. The van der Waals surface area contributed by atoms with Crippen molar-refractivity contribution in [1.29, 1.82) is 0 Å². The van der Waals surface area contributed by atoms with Crippen molar-refractivity contribution in [2.45, 2.75) is 25.3 Å². The Kier molecular flexibility index (Phi) is 3.80. The lowest BCUT2D eigenvalue weighted by Gasteiger charge is -2.24. The average molecular weight is 281 g/mol. The molecule has 0 aliphatic carbocycles. The lowest BCUT2D eigenvalue weighted by Crippen LogP contribution is -2.39. The van der Waals surface area contributed by atoms with E-state index in [1.54, 1.807) is 0 Å². The van der Waals surface area contributed by atoms with Crippen LogP contribution in [0.25, 0.3) is 0 Å². The summed E-state index contributed by atoms with van der Waals surface area (Å²) in [5.41, 5.74) is 0. The molecule has 1 unspecified atom stereocenters. The first kappa shape index (κ1) is 13.3. The number of rotatable bonds is 3. The molecular formula is C10H19NO4S2. The number of nitrogens with one attached hydrogen (secondary N) is 1. The Morgan fingerprint density at radius 3 is 2.00 bits per heavy atom. The summed E-state index contributed by atoms with van der Waals surface area (Å²) in [5.74, 6) is 1.31. The van der Waals surface area contributed by atoms with E-state index >= 15 is 0 Å². The van der Waals surface area contributed by atoms with E-state index in [0.29, 0.717) is 25.1 Å². The molecule has 100 valence electrons. The number of sulfone groups is 2. The summed E-state index contributed by atoms with van der Waals surface area (Å²) in [4.78, 5) is 0. The van der Waals surface area contributed by atoms with Gasteiger partial charge in [-0.15, -0.1) is 0 Å². The molecule has 2 heterocycles. The predicted octanol–water partition coefficient (Wildman–Crippen LogP) is -0.412. The Bertz CT molecular complexity index is 455. The molecule has 1 N–H and O–H groups in total. The molecule has 5 nitrogen and oxygen atoms in total. The molecule has 0 amide bonds. The average Bonchev–Trinajstić information content (AvgIpc) is 2.57. The van der Waals surface area contributed by atoms with Crippen molar-refractivity contribution in [3.63, 3.8) is 0 Å². The first-order valence-electron chi connectivity index (χ1n) is 6.00. The van der Waals surface area contributed by atoms with Gasteiger partial charge in [0.25, 0.3) is 0 Å². The number of hydrogen-bond acceptors (Lipinski definition) is 5. The summed E-state index contributed by atoms with van der Waals surface area (Å²) < 4.78 is 45.0. The normalized spacial score (nSPS) is 32.6. The van der Waals surface area contributed by atoms with Crippen molar-refractivity contribution < 1.29 is 16.8 Å². The highest BCUT2D eigenvalue weighted by molar-refractivity contribution is 7.91. The van der Waals surface area contributed by atoms with Gasteiger partial charge in [0.05, 0.1) is 23.0 Å². The van der Waals surface area contributed by atoms with E-state index in [-0.39, 0.29) is 29.2 Å². The van der Waals surface area contributed by atoms with Crippen LogP contribution in [0.1, 0.15) is 19.3 Å². The molecule has 0 radical (unpaired) electrons. The Hall–Kier alpha value is -0.140. The summed E-state index contributed by atoms with van der Waals surface area (Å²) in [6.45, 7) is 0.698. The van der Waals surface area contributed by atoms with Gasteiger partial charge in [-0.25, -0.2) is 16.8 Å². The van der Waals surface area contributed by atoms with Gasteiger partial charge >= 0.3 is 0 Å². The van der Waals surface area contributed by atoms with E-state index in [4.69, 9.17) is 0 Å². The molecule has 17 heavy (non-hydrogen) atoms. The monoisotopic (exact) mass is 281 g/mol. The molecular weight excluding hydrogens is 262 g/mol. The van der Waals surface area contributed by atoms with Crippen LogP contribution in [0.15, 0.2) is 0 Å². The lowest BCUT2D eigenvalue weighted by atomic mass is 10.1. The third-order valence-electron chi connectivity index (χ3n) is 3.58. The minimum absolute atomic E-state index is 0.207. The van der Waals surface area contributed by atoms with Gasteiger partial charge in [-0.3, -0.25) is 0 Å². The smallest absolute Gasteiger partial charge is 0.150 e. The molecule has 0 aromatic heterocycles. The fourth-order valence-electron chi connectivity index (χ4n) is 2.46. The molecule has 0 spiro atoms. The minimum atomic E-state index is -2.81. The topological polar surface area (TPSA) is 80.3 Å². The fraction of sp³-hybridized carbons (Fsp3) is 1.00. The van der Waals surface area contributed by atoms with Gasteiger partial charge in [0.1, 0.15) is 9.84 Å². The van der Waals surface area contributed by atoms with Crippen molar-refractivity contribution in [2.24, 2.45) is 5.92 Å². The third-order valence-corrected chi connectivity index (χ3v) is 7.13. The maximum atomic E-state index is 11.3. The van der Waals surface area contributed by atoms with Crippen LogP contribution in [0.3, 0.4) is 0 Å². The van der Waals surface area contributed by atoms with Crippen LogP contribution in [0.4, 0.5) is 0 Å². The van der Waals surface area contributed by atoms with Gasteiger partial charge in [0.15, 0.2) is 9.84 Å². The maximum Gasteiger partial charge on any atom is 0.150 e. The summed E-state index contributed by atoms with van der Waals surface area (Å²) in [7, 11) is -5.61. The van der Waals surface area contributed by atoms with Gasteiger partial charge in [-0.1, -0.05) is 0 Å². The second-order valence-electron chi connectivity index (χ2n) is 5.10. The minimum Gasteiger partial charge on any atom is -0.314 e. The second-order valence-corrected chi connectivity index (χ2v) is 9.64. The van der Waals surface area contributed by atoms with Crippen LogP contribution < -0.4 is 5.32 Å². The van der Waals surface area contributed by atoms with Crippen molar-refractivity contribution in [2.75, 3.05) is 29.6 Å². The molecule has 0 aromatic carbocycles. The second kappa shape index (κ2) is 4.85. The highest BCUT2D eigenvalue weighted by Crippen LogP contribution is 2.19. The van der Waals surface area contributed by atoms with Gasteiger partial charge in [-0.05, 0) is 31.7 Å². The Morgan fingerprint density at radius 1 is 0.882 bits per heavy atom. The van der Waals surface area contributed by atoms with Gasteiger partial charge in [0.2, 0.25) is 0 Å². The van der Waals surface area contributed by atoms with Crippen molar-refractivity contribution in [3.8, 4) is 0 Å². The zero-order valence-corrected chi connectivity index (χ0v) is 11.4. The van der Waals surface area contributed by atoms with Crippen molar-refractivity contribution >= 4 is 19.7 Å². The highest BCUT2D eigenvalue weighted by atomic mass is 32.2. The molecule has 2 fully saturated rings. The Balaban J connectivity index is 1.73. The van der Waals surface area contributed by atoms with Gasteiger partial charge < -0.3 is 5.32 Å². The predicted molar refractivity (Wildman–Crippen MR) is 66.4 cm³/mol. The summed E-state index contributed by atoms with van der Waals surface area (Å²) in [5, 5.41) is 3.31. The van der Waals surface area contributed by atoms with Gasteiger partial charge in [-0.2, -0.15) is 0 Å². The molecule has 1 atom stereocenters. The Labute approximate surface area is 103 Å². The molecule has 0 aromatic rings. The van der Waals surface area contributed by atoms with Crippen LogP contribution in [-0.2, 0) is 19.7 Å². The SMILES string of the molecule is O=S1(=O)CCC(NCC2CCS(=O)(=O)C2)CC1. The molecule has 2 rings (SSSR count). The zero-order chi connectivity index (χ0) is 12.5. The first-order chi connectivity index (χ1) is 7.86. The van der Waals surface area contributed by atoms with E-state index in [9.17, 15) is 16.8 Å². The highest BCUT2D eigenvalue weighted by Gasteiger charge is 2.29. The van der Waals surface area contributed by atoms with Crippen molar-refractivity contribution in [3.05, 3.63) is 0 Å². The largest absolute Gasteiger partial charge is 0.314 e. The summed E-state index contributed by atoms with van der Waals surface area (Å²) in [6.07, 6.45) is 2.05. The maximum absolute atomic E-state index is 11.3. The molecule has 7 heteroatoms. The van der Waals surface area contributed by atoms with Crippen LogP contribution in [0.2, 0.25) is 0 Å². The van der Waals surface area contributed by atoms with Crippen LogP contribution in [0, 0.1) is 5.92 Å². The lowest BCUT2D eigenvalue weighted by molar-refractivity contribution is 0.421. The summed E-state index contributed by atoms with van der Waals surface area (Å²) >= 11 is 0. The van der Waals surface area contributed by atoms with E-state index in [1.165, 1.54) is 0 Å². The quantitative estimate of drug-likeness (QED) is 0.760.